The molecule has 19 heavy (non-hydrogen) atoms. The van der Waals surface area contributed by atoms with Crippen LogP contribution < -0.4 is 0 Å². The minimum atomic E-state index is -0.465. The Hall–Kier alpha value is -2.13. The van der Waals surface area contributed by atoms with Crippen LogP contribution in [0.15, 0.2) is 42.5 Å². The number of ether oxygens (including phenoxy) is 1. The normalized spacial score (nSPS) is 10.0. The van der Waals surface area contributed by atoms with Gasteiger partial charge in [-0.2, -0.15) is 0 Å². The maximum absolute atomic E-state index is 11.4. The third-order valence-corrected chi connectivity index (χ3v) is 3.07. The highest BCUT2D eigenvalue weighted by Gasteiger charge is 2.11. The van der Waals surface area contributed by atoms with Crippen molar-refractivity contribution in [3.8, 4) is 11.1 Å². The molecule has 0 heterocycles. The zero-order chi connectivity index (χ0) is 13.8. The van der Waals surface area contributed by atoms with Crippen LogP contribution in [0.3, 0.4) is 0 Å². The maximum Gasteiger partial charge on any atom is 0.339 e. The van der Waals surface area contributed by atoms with Crippen LogP contribution in [0, 0.1) is 0 Å². The molecule has 0 saturated heterocycles. The van der Waals surface area contributed by atoms with E-state index in [-0.39, 0.29) is 0 Å². The topological polar surface area (TPSA) is 43.4 Å². The van der Waals surface area contributed by atoms with Crippen LogP contribution in [0.25, 0.3) is 11.1 Å². The monoisotopic (exact) mass is 274 g/mol. The minimum Gasteiger partial charge on any atom is -0.465 e. The fraction of sp³-hybridized carbons (Fsp3) is 0.0667. The lowest BCUT2D eigenvalue weighted by molar-refractivity contribution is 0.0601. The molecule has 2 aromatic rings. The number of hydrogen-bond donors (Lipinski definition) is 0. The molecule has 4 heteroatoms. The second-order valence-electron chi connectivity index (χ2n) is 3.93. The summed E-state index contributed by atoms with van der Waals surface area (Å²) in [4.78, 5) is 22.0. The molecule has 0 bridgehead atoms. The molecule has 0 spiro atoms. The van der Waals surface area contributed by atoms with Gasteiger partial charge in [-0.1, -0.05) is 41.9 Å². The molecule has 0 radical (unpaired) electrons. The first-order valence-corrected chi connectivity index (χ1v) is 5.97. The van der Waals surface area contributed by atoms with Gasteiger partial charge < -0.3 is 4.74 Å². The molecule has 0 saturated carbocycles. The number of esters is 1. The lowest BCUT2D eigenvalue weighted by atomic mass is 10.0. The standard InChI is InChI=1S/C15H11ClO3/c1-19-15(18)13-7-6-12(8-14(13)16)11-4-2-10(9-17)3-5-11/h2-9H,1H3. The summed E-state index contributed by atoms with van der Waals surface area (Å²) in [6.45, 7) is 0. The van der Waals surface area contributed by atoms with Crippen LogP contribution in [-0.4, -0.2) is 19.4 Å². The third kappa shape index (κ3) is 2.83. The summed E-state index contributed by atoms with van der Waals surface area (Å²) >= 11 is 6.05. The van der Waals surface area contributed by atoms with Gasteiger partial charge in [-0.05, 0) is 23.3 Å². The maximum atomic E-state index is 11.4. The zero-order valence-corrected chi connectivity index (χ0v) is 11.0. The van der Waals surface area contributed by atoms with Crippen molar-refractivity contribution in [2.45, 2.75) is 0 Å². The number of methoxy groups -OCH3 is 1. The summed E-state index contributed by atoms with van der Waals surface area (Å²) in [5.41, 5.74) is 2.73. The number of rotatable bonds is 3. The smallest absolute Gasteiger partial charge is 0.339 e. The Morgan fingerprint density at radius 3 is 2.26 bits per heavy atom. The summed E-state index contributed by atoms with van der Waals surface area (Å²) < 4.78 is 4.63. The van der Waals surface area contributed by atoms with Crippen LogP contribution in [0.2, 0.25) is 5.02 Å². The van der Waals surface area contributed by atoms with Crippen LogP contribution in [0.5, 0.6) is 0 Å². The van der Waals surface area contributed by atoms with Crippen LogP contribution in [0.4, 0.5) is 0 Å². The number of hydrogen-bond acceptors (Lipinski definition) is 3. The van der Waals surface area contributed by atoms with E-state index in [4.69, 9.17) is 11.6 Å². The number of carbonyl (C=O) groups is 2. The van der Waals surface area contributed by atoms with E-state index in [0.717, 1.165) is 17.4 Å². The average Bonchev–Trinajstić information content (AvgIpc) is 2.46. The second-order valence-corrected chi connectivity index (χ2v) is 4.33. The van der Waals surface area contributed by atoms with Gasteiger partial charge in [-0.3, -0.25) is 4.79 Å². The molecule has 2 rings (SSSR count). The number of halogens is 1. The van der Waals surface area contributed by atoms with E-state index >= 15 is 0 Å². The van der Waals surface area contributed by atoms with Gasteiger partial charge >= 0.3 is 5.97 Å². The molecule has 0 amide bonds. The molecule has 0 atom stereocenters. The first-order valence-electron chi connectivity index (χ1n) is 5.59. The Morgan fingerprint density at radius 2 is 1.74 bits per heavy atom. The SMILES string of the molecule is COC(=O)c1ccc(-c2ccc(C=O)cc2)cc1Cl. The highest BCUT2D eigenvalue weighted by Crippen LogP contribution is 2.26. The number of benzene rings is 2. The predicted molar refractivity (Wildman–Crippen MR) is 73.6 cm³/mol. The van der Waals surface area contributed by atoms with Crippen LogP contribution in [-0.2, 0) is 4.74 Å². The number of aldehydes is 1. The highest BCUT2D eigenvalue weighted by atomic mass is 35.5. The van der Waals surface area contributed by atoms with Gasteiger partial charge in [0.1, 0.15) is 6.29 Å². The first kappa shape index (κ1) is 13.3. The van der Waals surface area contributed by atoms with E-state index < -0.39 is 5.97 Å². The lowest BCUT2D eigenvalue weighted by Crippen LogP contribution is -2.01. The molecular weight excluding hydrogens is 264 g/mol. The summed E-state index contributed by atoms with van der Waals surface area (Å²) in [6, 6.07) is 12.2. The highest BCUT2D eigenvalue weighted by molar-refractivity contribution is 6.33. The fourth-order valence-corrected chi connectivity index (χ4v) is 1.98. The van der Waals surface area contributed by atoms with E-state index in [2.05, 4.69) is 4.74 Å². The van der Waals surface area contributed by atoms with Gasteiger partial charge in [-0.15, -0.1) is 0 Å². The van der Waals surface area contributed by atoms with E-state index in [1.807, 2.05) is 12.1 Å². The van der Waals surface area contributed by atoms with Crippen molar-refractivity contribution >= 4 is 23.9 Å². The van der Waals surface area contributed by atoms with Crippen molar-refractivity contribution < 1.29 is 14.3 Å². The molecular formula is C15H11ClO3. The Kier molecular flexibility index (Phi) is 3.97. The largest absolute Gasteiger partial charge is 0.465 e. The molecule has 0 aromatic heterocycles. The Bertz CT molecular complexity index is 618. The molecule has 0 aliphatic rings. The van der Waals surface area contributed by atoms with Gasteiger partial charge in [0.2, 0.25) is 0 Å². The zero-order valence-electron chi connectivity index (χ0n) is 10.2. The molecule has 3 nitrogen and oxygen atoms in total. The van der Waals surface area contributed by atoms with Crippen molar-refractivity contribution in [2.24, 2.45) is 0 Å². The lowest BCUT2D eigenvalue weighted by Gasteiger charge is -2.06. The van der Waals surface area contributed by atoms with Crippen molar-refractivity contribution in [1.82, 2.24) is 0 Å². The average molecular weight is 275 g/mol. The van der Waals surface area contributed by atoms with Crippen LogP contribution in [0.1, 0.15) is 20.7 Å². The van der Waals surface area contributed by atoms with Gasteiger partial charge in [0, 0.05) is 5.56 Å². The first-order chi connectivity index (χ1) is 9.15. The van der Waals surface area contributed by atoms with Gasteiger partial charge in [0.15, 0.2) is 0 Å². The van der Waals surface area contributed by atoms with Crippen molar-refractivity contribution in [1.29, 1.82) is 0 Å². The molecule has 0 unspecified atom stereocenters. The van der Waals surface area contributed by atoms with Gasteiger partial charge in [0.05, 0.1) is 17.7 Å². The van der Waals surface area contributed by atoms with E-state index in [9.17, 15) is 9.59 Å². The minimum absolute atomic E-state index is 0.331. The van der Waals surface area contributed by atoms with E-state index in [0.29, 0.717) is 16.1 Å². The van der Waals surface area contributed by atoms with Gasteiger partial charge in [0.25, 0.3) is 0 Å². The Labute approximate surface area is 115 Å². The van der Waals surface area contributed by atoms with E-state index in [1.54, 1.807) is 30.3 Å². The summed E-state index contributed by atoms with van der Waals surface area (Å²) in [6.07, 6.45) is 0.789. The summed E-state index contributed by atoms with van der Waals surface area (Å²) in [7, 11) is 1.31. The molecule has 96 valence electrons. The van der Waals surface area contributed by atoms with Gasteiger partial charge in [-0.25, -0.2) is 4.79 Å². The molecule has 0 aliphatic carbocycles. The molecule has 2 aromatic carbocycles. The van der Waals surface area contributed by atoms with E-state index in [1.165, 1.54) is 7.11 Å². The fourth-order valence-electron chi connectivity index (χ4n) is 1.72. The molecule has 0 aliphatic heterocycles. The molecule has 0 fully saturated rings. The Balaban J connectivity index is 2.38. The van der Waals surface area contributed by atoms with Crippen LogP contribution >= 0.6 is 11.6 Å². The summed E-state index contributed by atoms with van der Waals surface area (Å²) in [5, 5.41) is 0.337. The van der Waals surface area contributed by atoms with Crippen molar-refractivity contribution in [3.63, 3.8) is 0 Å². The molecule has 0 N–H and O–H groups in total. The number of carbonyl (C=O) groups excluding carboxylic acids is 2. The van der Waals surface area contributed by atoms with Crippen molar-refractivity contribution in [3.05, 3.63) is 58.6 Å². The second kappa shape index (κ2) is 5.67. The van der Waals surface area contributed by atoms with Crippen molar-refractivity contribution in [2.75, 3.05) is 7.11 Å². The predicted octanol–water partition coefficient (Wildman–Crippen LogP) is 3.61. The third-order valence-electron chi connectivity index (χ3n) is 2.75. The Morgan fingerprint density at radius 1 is 1.11 bits per heavy atom. The quantitative estimate of drug-likeness (QED) is 0.634. The summed E-state index contributed by atoms with van der Waals surface area (Å²) in [5.74, 6) is -0.465.